The number of hydrogen-bond acceptors (Lipinski definition) is 4. The van der Waals surface area contributed by atoms with Crippen molar-refractivity contribution in [1.29, 1.82) is 0 Å². The van der Waals surface area contributed by atoms with Gasteiger partial charge in [0.25, 0.3) is 0 Å². The smallest absolute Gasteiger partial charge is 0.116 e. The normalized spacial score (nSPS) is 10.6. The molecule has 2 aromatic rings. The molecule has 0 saturated heterocycles. The van der Waals surface area contributed by atoms with Gasteiger partial charge in [0.15, 0.2) is 0 Å². The van der Waals surface area contributed by atoms with Crippen LogP contribution >= 0.6 is 23.1 Å². The molecule has 4 heteroatoms. The number of hydrogen-bond donors (Lipinski definition) is 0. The van der Waals surface area contributed by atoms with E-state index in [2.05, 4.69) is 22.3 Å². The van der Waals surface area contributed by atoms with E-state index in [1.165, 1.54) is 4.21 Å². The van der Waals surface area contributed by atoms with Crippen LogP contribution in [0.2, 0.25) is 0 Å². The summed E-state index contributed by atoms with van der Waals surface area (Å²) in [7, 11) is 0. The molecule has 0 N–H and O–H groups in total. The Hall–Kier alpha value is -0.610. The Morgan fingerprint density at radius 3 is 3.18 bits per heavy atom. The standard InChI is InChI=1S/C7H6N2S2/c1-10-7-2-5-6(11-7)3-8-4-9-5/h2-4H,1H3. The van der Waals surface area contributed by atoms with Gasteiger partial charge in [0.2, 0.25) is 0 Å². The zero-order valence-electron chi connectivity index (χ0n) is 5.94. The fourth-order valence-electron chi connectivity index (χ4n) is 0.863. The summed E-state index contributed by atoms with van der Waals surface area (Å²) in [6.07, 6.45) is 5.50. The van der Waals surface area contributed by atoms with Crippen LogP contribution < -0.4 is 0 Å². The molecular formula is C7H6N2S2. The summed E-state index contributed by atoms with van der Waals surface area (Å²) in [5.74, 6) is 0. The Morgan fingerprint density at radius 2 is 2.45 bits per heavy atom. The number of thioether (sulfide) groups is 1. The van der Waals surface area contributed by atoms with Gasteiger partial charge in [-0.05, 0) is 12.3 Å². The van der Waals surface area contributed by atoms with Crippen LogP contribution in [0.5, 0.6) is 0 Å². The third-order valence-corrected chi connectivity index (χ3v) is 3.50. The highest BCUT2D eigenvalue weighted by Crippen LogP contribution is 2.29. The molecule has 0 amide bonds. The topological polar surface area (TPSA) is 25.8 Å². The van der Waals surface area contributed by atoms with Crippen molar-refractivity contribution in [2.24, 2.45) is 0 Å². The molecule has 0 aromatic carbocycles. The Balaban J connectivity index is 2.69. The number of aromatic nitrogens is 2. The molecule has 0 aliphatic rings. The lowest BCUT2D eigenvalue weighted by atomic mass is 10.5. The van der Waals surface area contributed by atoms with Gasteiger partial charge in [0.1, 0.15) is 6.33 Å². The second-order valence-corrected chi connectivity index (χ2v) is 4.23. The van der Waals surface area contributed by atoms with Crippen molar-refractivity contribution in [3.8, 4) is 0 Å². The molecule has 0 unspecified atom stereocenters. The molecule has 2 heterocycles. The van der Waals surface area contributed by atoms with Crippen LogP contribution in [0.4, 0.5) is 0 Å². The fraction of sp³-hybridized carbons (Fsp3) is 0.143. The van der Waals surface area contributed by atoms with Crippen molar-refractivity contribution in [3.63, 3.8) is 0 Å². The maximum absolute atomic E-state index is 4.14. The zero-order valence-corrected chi connectivity index (χ0v) is 7.58. The molecule has 0 fully saturated rings. The first-order valence-corrected chi connectivity index (χ1v) is 5.18. The number of rotatable bonds is 1. The van der Waals surface area contributed by atoms with E-state index in [1.54, 1.807) is 29.4 Å². The minimum Gasteiger partial charge on any atom is -0.243 e. The van der Waals surface area contributed by atoms with Crippen molar-refractivity contribution >= 4 is 33.3 Å². The Bertz CT molecular complexity index is 336. The maximum Gasteiger partial charge on any atom is 0.116 e. The molecule has 0 spiro atoms. The van der Waals surface area contributed by atoms with E-state index in [-0.39, 0.29) is 0 Å². The van der Waals surface area contributed by atoms with E-state index < -0.39 is 0 Å². The highest BCUT2D eigenvalue weighted by molar-refractivity contribution is 8.00. The first-order chi connectivity index (χ1) is 5.40. The zero-order chi connectivity index (χ0) is 7.68. The predicted molar refractivity (Wildman–Crippen MR) is 49.2 cm³/mol. The van der Waals surface area contributed by atoms with Crippen molar-refractivity contribution in [2.75, 3.05) is 6.26 Å². The van der Waals surface area contributed by atoms with Gasteiger partial charge >= 0.3 is 0 Å². The minimum absolute atomic E-state index is 1.05. The SMILES string of the molecule is CSc1cc2ncncc2s1. The quantitative estimate of drug-likeness (QED) is 0.633. The molecule has 56 valence electrons. The van der Waals surface area contributed by atoms with E-state index in [9.17, 15) is 0 Å². The largest absolute Gasteiger partial charge is 0.243 e. The third kappa shape index (κ3) is 1.23. The summed E-state index contributed by atoms with van der Waals surface area (Å²) in [5.41, 5.74) is 1.05. The van der Waals surface area contributed by atoms with Crippen LogP contribution in [-0.2, 0) is 0 Å². The van der Waals surface area contributed by atoms with Gasteiger partial charge in [-0.3, -0.25) is 0 Å². The van der Waals surface area contributed by atoms with Gasteiger partial charge in [-0.2, -0.15) is 0 Å². The van der Waals surface area contributed by atoms with Crippen LogP contribution in [0.25, 0.3) is 10.2 Å². The van der Waals surface area contributed by atoms with Crippen molar-refractivity contribution in [3.05, 3.63) is 18.6 Å². The van der Waals surface area contributed by atoms with Crippen LogP contribution in [0.1, 0.15) is 0 Å². The Kier molecular flexibility index (Phi) is 1.79. The average molecular weight is 182 g/mol. The maximum atomic E-state index is 4.14. The lowest BCUT2D eigenvalue weighted by molar-refractivity contribution is 1.23. The molecule has 11 heavy (non-hydrogen) atoms. The first kappa shape index (κ1) is 7.06. The van der Waals surface area contributed by atoms with Crippen LogP contribution in [0.15, 0.2) is 22.8 Å². The van der Waals surface area contributed by atoms with Gasteiger partial charge in [0.05, 0.1) is 14.4 Å². The Labute approximate surface area is 72.7 Å². The molecule has 0 bridgehead atoms. The highest BCUT2D eigenvalue weighted by Gasteiger charge is 1.99. The van der Waals surface area contributed by atoms with Crippen molar-refractivity contribution < 1.29 is 0 Å². The van der Waals surface area contributed by atoms with Crippen molar-refractivity contribution in [1.82, 2.24) is 9.97 Å². The summed E-state index contributed by atoms with van der Waals surface area (Å²) in [4.78, 5) is 8.09. The molecule has 0 atom stereocenters. The van der Waals surface area contributed by atoms with Gasteiger partial charge in [-0.25, -0.2) is 9.97 Å². The molecule has 2 nitrogen and oxygen atoms in total. The second-order valence-electron chi connectivity index (χ2n) is 2.04. The number of fused-ring (bicyclic) bond motifs is 1. The Morgan fingerprint density at radius 1 is 1.55 bits per heavy atom. The molecule has 0 radical (unpaired) electrons. The lowest BCUT2D eigenvalue weighted by Gasteiger charge is -1.81. The second kappa shape index (κ2) is 2.79. The first-order valence-electron chi connectivity index (χ1n) is 3.13. The number of nitrogens with zero attached hydrogens (tertiary/aromatic N) is 2. The number of thiophene rings is 1. The minimum atomic E-state index is 1.05. The van der Waals surface area contributed by atoms with E-state index in [1.807, 2.05) is 6.20 Å². The van der Waals surface area contributed by atoms with E-state index >= 15 is 0 Å². The fourth-order valence-corrected chi connectivity index (χ4v) is 2.41. The summed E-state index contributed by atoms with van der Waals surface area (Å²) in [6, 6.07) is 2.09. The summed E-state index contributed by atoms with van der Waals surface area (Å²) in [5, 5.41) is 0. The van der Waals surface area contributed by atoms with E-state index in [0.29, 0.717) is 0 Å². The molecule has 0 aliphatic heterocycles. The molecule has 2 rings (SSSR count). The van der Waals surface area contributed by atoms with Gasteiger partial charge in [0, 0.05) is 6.20 Å². The van der Waals surface area contributed by atoms with E-state index in [4.69, 9.17) is 0 Å². The summed E-state index contributed by atoms with van der Waals surface area (Å²) < 4.78 is 2.46. The predicted octanol–water partition coefficient (Wildman–Crippen LogP) is 2.41. The molecular weight excluding hydrogens is 176 g/mol. The van der Waals surface area contributed by atoms with Gasteiger partial charge < -0.3 is 0 Å². The van der Waals surface area contributed by atoms with E-state index in [0.717, 1.165) is 10.2 Å². The third-order valence-electron chi connectivity index (χ3n) is 1.37. The molecule has 2 aromatic heterocycles. The highest BCUT2D eigenvalue weighted by atomic mass is 32.2. The van der Waals surface area contributed by atoms with Gasteiger partial charge in [-0.1, -0.05) is 0 Å². The molecule has 0 saturated carbocycles. The monoisotopic (exact) mass is 182 g/mol. The summed E-state index contributed by atoms with van der Waals surface area (Å²) >= 11 is 3.48. The van der Waals surface area contributed by atoms with Crippen LogP contribution in [0.3, 0.4) is 0 Å². The molecule has 0 aliphatic carbocycles. The average Bonchev–Trinajstić information content (AvgIpc) is 2.46. The van der Waals surface area contributed by atoms with Crippen LogP contribution in [0, 0.1) is 0 Å². The lowest BCUT2D eigenvalue weighted by Crippen LogP contribution is -1.72. The summed E-state index contributed by atoms with van der Waals surface area (Å²) in [6.45, 7) is 0. The van der Waals surface area contributed by atoms with Crippen LogP contribution in [-0.4, -0.2) is 16.2 Å². The van der Waals surface area contributed by atoms with Gasteiger partial charge in [-0.15, -0.1) is 23.1 Å². The van der Waals surface area contributed by atoms with Crippen molar-refractivity contribution in [2.45, 2.75) is 4.21 Å².